The molecule has 1 aliphatic rings. The van der Waals surface area contributed by atoms with Gasteiger partial charge < -0.3 is 15.4 Å². The van der Waals surface area contributed by atoms with Crippen molar-refractivity contribution in [2.24, 2.45) is 4.99 Å². The van der Waals surface area contributed by atoms with E-state index in [1.165, 1.54) is 0 Å². The fraction of sp³-hybridized carbons (Fsp3) is 0.632. The van der Waals surface area contributed by atoms with Crippen LogP contribution >= 0.6 is 35.7 Å². The second-order valence-corrected chi connectivity index (χ2v) is 8.66. The molecule has 1 saturated heterocycles. The van der Waals surface area contributed by atoms with Crippen LogP contribution in [0, 0.1) is 5.82 Å². The van der Waals surface area contributed by atoms with Crippen LogP contribution in [-0.4, -0.2) is 50.3 Å². The van der Waals surface area contributed by atoms with Crippen LogP contribution in [0.2, 0.25) is 0 Å². The van der Waals surface area contributed by atoms with E-state index >= 15 is 0 Å². The van der Waals surface area contributed by atoms with Crippen molar-refractivity contribution < 1.29 is 9.13 Å². The van der Waals surface area contributed by atoms with E-state index in [1.807, 2.05) is 23.9 Å². The lowest BCUT2D eigenvalue weighted by Crippen LogP contribution is -2.49. The minimum absolute atomic E-state index is 0. The number of guanidine groups is 1. The average Bonchev–Trinajstić information content (AvgIpc) is 2.63. The Morgan fingerprint density at radius 2 is 1.85 bits per heavy atom. The van der Waals surface area contributed by atoms with E-state index < -0.39 is 0 Å². The van der Waals surface area contributed by atoms with E-state index in [1.54, 1.807) is 19.2 Å². The molecule has 4 nitrogen and oxygen atoms in total. The van der Waals surface area contributed by atoms with Gasteiger partial charge in [0.05, 0.1) is 0 Å². The third kappa shape index (κ3) is 6.56. The summed E-state index contributed by atoms with van der Waals surface area (Å²) in [5.41, 5.74) is 1.10. The number of nitrogens with one attached hydrogen (secondary N) is 2. The summed E-state index contributed by atoms with van der Waals surface area (Å²) in [4.78, 5) is 4.34. The highest BCUT2D eigenvalue weighted by Crippen LogP contribution is 2.34. The Morgan fingerprint density at radius 3 is 2.38 bits per heavy atom. The Morgan fingerprint density at radius 1 is 1.23 bits per heavy atom. The predicted octanol–water partition coefficient (Wildman–Crippen LogP) is 3.80. The number of rotatable bonds is 6. The van der Waals surface area contributed by atoms with Gasteiger partial charge in [-0.05, 0) is 50.6 Å². The van der Waals surface area contributed by atoms with Crippen LogP contribution in [0.3, 0.4) is 0 Å². The summed E-state index contributed by atoms with van der Waals surface area (Å²) in [5, 5.41) is 6.87. The van der Waals surface area contributed by atoms with Gasteiger partial charge in [-0.2, -0.15) is 11.8 Å². The van der Waals surface area contributed by atoms with E-state index in [0.717, 1.165) is 50.7 Å². The standard InChI is InChI=1S/C19H30FN3OS.HI/c1-18(2,25-4)13-22-17(21-3)23-14-19(9-11-24-12-10-19)15-5-7-16(20)8-6-15;/h5-8H,9-14H2,1-4H3,(H2,21,22,23);1H. The number of ether oxygens (including phenoxy) is 1. The number of nitrogens with zero attached hydrogens (tertiary/aromatic N) is 1. The van der Waals surface area contributed by atoms with Gasteiger partial charge in [-0.15, -0.1) is 24.0 Å². The zero-order chi connectivity index (χ0) is 18.3. The number of benzene rings is 1. The molecule has 0 unspecified atom stereocenters. The topological polar surface area (TPSA) is 45.7 Å². The molecule has 1 aromatic carbocycles. The molecule has 1 heterocycles. The highest BCUT2D eigenvalue weighted by molar-refractivity contribution is 14.0. The maximum absolute atomic E-state index is 13.3. The highest BCUT2D eigenvalue weighted by atomic mass is 127. The molecule has 1 aromatic rings. The van der Waals surface area contributed by atoms with Gasteiger partial charge >= 0.3 is 0 Å². The third-order valence-corrected chi connectivity index (χ3v) is 6.21. The molecule has 2 N–H and O–H groups in total. The molecule has 2 rings (SSSR count). The number of halogens is 2. The van der Waals surface area contributed by atoms with Crippen LogP contribution in [-0.2, 0) is 10.2 Å². The predicted molar refractivity (Wildman–Crippen MR) is 121 cm³/mol. The summed E-state index contributed by atoms with van der Waals surface area (Å²) >= 11 is 1.83. The average molecular weight is 495 g/mol. The molecule has 0 saturated carbocycles. The van der Waals surface area contributed by atoms with Gasteiger partial charge in [0.1, 0.15) is 5.82 Å². The van der Waals surface area contributed by atoms with Crippen LogP contribution in [0.15, 0.2) is 29.3 Å². The third-order valence-electron chi connectivity index (χ3n) is 4.96. The fourth-order valence-electron chi connectivity index (χ4n) is 2.98. The van der Waals surface area contributed by atoms with Gasteiger partial charge in [0.2, 0.25) is 0 Å². The van der Waals surface area contributed by atoms with Gasteiger partial charge in [-0.3, -0.25) is 4.99 Å². The van der Waals surface area contributed by atoms with Crippen LogP contribution in [0.4, 0.5) is 4.39 Å². The first-order chi connectivity index (χ1) is 11.9. The van der Waals surface area contributed by atoms with Gasteiger partial charge in [-0.25, -0.2) is 4.39 Å². The second kappa shape index (κ2) is 10.7. The molecule has 0 aliphatic carbocycles. The molecule has 0 amide bonds. The molecule has 0 radical (unpaired) electrons. The Bertz CT molecular complexity index is 575. The van der Waals surface area contributed by atoms with Crippen molar-refractivity contribution in [3.05, 3.63) is 35.6 Å². The maximum atomic E-state index is 13.3. The quantitative estimate of drug-likeness (QED) is 0.358. The largest absolute Gasteiger partial charge is 0.381 e. The number of aliphatic imine (C=N–C) groups is 1. The Labute approximate surface area is 178 Å². The van der Waals surface area contributed by atoms with Crippen molar-refractivity contribution >= 4 is 41.7 Å². The summed E-state index contributed by atoms with van der Waals surface area (Å²) < 4.78 is 19.0. The molecule has 0 atom stereocenters. The van der Waals surface area contributed by atoms with E-state index in [4.69, 9.17) is 4.74 Å². The van der Waals surface area contributed by atoms with Gasteiger partial charge in [-0.1, -0.05) is 12.1 Å². The molecule has 1 fully saturated rings. The van der Waals surface area contributed by atoms with Crippen molar-refractivity contribution in [2.45, 2.75) is 36.9 Å². The molecule has 148 valence electrons. The second-order valence-electron chi connectivity index (χ2n) is 7.14. The summed E-state index contributed by atoms with van der Waals surface area (Å²) in [6.07, 6.45) is 3.95. The maximum Gasteiger partial charge on any atom is 0.191 e. The molecule has 26 heavy (non-hydrogen) atoms. The first kappa shape index (κ1) is 23.5. The van der Waals surface area contributed by atoms with Crippen LogP contribution in [0.5, 0.6) is 0 Å². The van der Waals surface area contributed by atoms with E-state index in [0.29, 0.717) is 0 Å². The summed E-state index contributed by atoms with van der Waals surface area (Å²) in [7, 11) is 1.79. The Hall–Kier alpha value is -0.540. The minimum Gasteiger partial charge on any atom is -0.381 e. The van der Waals surface area contributed by atoms with Crippen molar-refractivity contribution in [2.75, 3.05) is 39.6 Å². The summed E-state index contributed by atoms with van der Waals surface area (Å²) in [5.74, 6) is 0.603. The zero-order valence-corrected chi connectivity index (χ0v) is 19.2. The van der Waals surface area contributed by atoms with Crippen LogP contribution < -0.4 is 10.6 Å². The first-order valence-corrected chi connectivity index (χ1v) is 9.97. The normalized spacial score (nSPS) is 17.3. The fourth-order valence-corrected chi connectivity index (χ4v) is 3.19. The molecule has 0 bridgehead atoms. The van der Waals surface area contributed by atoms with Crippen LogP contribution in [0.25, 0.3) is 0 Å². The van der Waals surface area contributed by atoms with Crippen molar-refractivity contribution in [3.63, 3.8) is 0 Å². The Kier molecular flexibility index (Phi) is 9.68. The lowest BCUT2D eigenvalue weighted by atomic mass is 9.74. The van der Waals surface area contributed by atoms with Gasteiger partial charge in [0, 0.05) is 43.5 Å². The van der Waals surface area contributed by atoms with E-state index in [2.05, 4.69) is 35.7 Å². The zero-order valence-electron chi connectivity index (χ0n) is 16.1. The van der Waals surface area contributed by atoms with Crippen molar-refractivity contribution in [1.82, 2.24) is 10.6 Å². The minimum atomic E-state index is -0.198. The number of hydrogen-bond donors (Lipinski definition) is 2. The van der Waals surface area contributed by atoms with E-state index in [-0.39, 0.29) is 40.0 Å². The van der Waals surface area contributed by atoms with Crippen molar-refractivity contribution in [3.8, 4) is 0 Å². The smallest absolute Gasteiger partial charge is 0.191 e. The van der Waals surface area contributed by atoms with Crippen LogP contribution in [0.1, 0.15) is 32.3 Å². The number of hydrogen-bond acceptors (Lipinski definition) is 3. The molecule has 1 aliphatic heterocycles. The molecule has 7 heteroatoms. The highest BCUT2D eigenvalue weighted by Gasteiger charge is 2.34. The number of thioether (sulfide) groups is 1. The van der Waals surface area contributed by atoms with E-state index in [9.17, 15) is 4.39 Å². The summed E-state index contributed by atoms with van der Waals surface area (Å²) in [6, 6.07) is 6.88. The lowest BCUT2D eigenvalue weighted by Gasteiger charge is -2.38. The van der Waals surface area contributed by atoms with Crippen molar-refractivity contribution in [1.29, 1.82) is 0 Å². The monoisotopic (exact) mass is 495 g/mol. The molecule has 0 aromatic heterocycles. The van der Waals surface area contributed by atoms with Gasteiger partial charge in [0.15, 0.2) is 5.96 Å². The molecule has 0 spiro atoms. The van der Waals surface area contributed by atoms with Gasteiger partial charge in [0.25, 0.3) is 0 Å². The lowest BCUT2D eigenvalue weighted by molar-refractivity contribution is 0.0513. The SMILES string of the molecule is CN=C(NCC(C)(C)SC)NCC1(c2ccc(F)cc2)CCOCC1.I. The molecular formula is C19H31FIN3OS. The first-order valence-electron chi connectivity index (χ1n) is 8.74. The Balaban J connectivity index is 0.00000338. The summed E-state index contributed by atoms with van der Waals surface area (Å²) in [6.45, 7) is 7.45. The molecular weight excluding hydrogens is 464 g/mol.